The highest BCUT2D eigenvalue weighted by atomic mass is 32.2. The molecule has 0 aromatic heterocycles. The van der Waals surface area contributed by atoms with Crippen molar-refractivity contribution in [2.45, 2.75) is 51.1 Å². The molecule has 1 saturated heterocycles. The van der Waals surface area contributed by atoms with Crippen LogP contribution in [0.25, 0.3) is 0 Å². The number of nitrogens with one attached hydrogen (secondary N) is 1. The molecule has 21 heavy (non-hydrogen) atoms. The Kier molecular flexibility index (Phi) is 5.41. The fraction of sp³-hybridized carbons (Fsp3) is 0.625. The standard InChI is InChI=1S/C16H26N2O2S/c1-13(2)17-11-15-6-8-16(9-7-15)21(19,20)18-10-4-5-14(3)12-18/h6-9,13-14,17H,4-5,10-12H2,1-3H3. The number of hydrogen-bond donors (Lipinski definition) is 1. The van der Waals surface area contributed by atoms with Crippen molar-refractivity contribution >= 4 is 10.0 Å². The van der Waals surface area contributed by atoms with Crippen LogP contribution in [0.1, 0.15) is 39.2 Å². The molecule has 5 heteroatoms. The Morgan fingerprint density at radius 2 is 1.95 bits per heavy atom. The van der Waals surface area contributed by atoms with Gasteiger partial charge >= 0.3 is 0 Å². The highest BCUT2D eigenvalue weighted by Gasteiger charge is 2.28. The largest absolute Gasteiger partial charge is 0.310 e. The lowest BCUT2D eigenvalue weighted by molar-refractivity contribution is 0.281. The molecule has 118 valence electrons. The SMILES string of the molecule is CC1CCCN(S(=O)(=O)c2ccc(CNC(C)C)cc2)C1. The van der Waals surface area contributed by atoms with Gasteiger partial charge in [-0.15, -0.1) is 0 Å². The molecule has 0 aliphatic carbocycles. The molecule has 0 bridgehead atoms. The first-order chi connectivity index (χ1) is 9.89. The lowest BCUT2D eigenvalue weighted by Gasteiger charge is -2.30. The summed E-state index contributed by atoms with van der Waals surface area (Å²) in [7, 11) is -3.33. The second-order valence-electron chi connectivity index (χ2n) is 6.29. The smallest absolute Gasteiger partial charge is 0.243 e. The normalized spacial score (nSPS) is 20.9. The van der Waals surface area contributed by atoms with E-state index < -0.39 is 10.0 Å². The zero-order valence-electron chi connectivity index (χ0n) is 13.2. The molecule has 1 aliphatic heterocycles. The van der Waals surface area contributed by atoms with Crippen molar-refractivity contribution in [1.29, 1.82) is 0 Å². The molecule has 1 aromatic carbocycles. The van der Waals surface area contributed by atoms with Gasteiger partial charge in [0.2, 0.25) is 10.0 Å². The van der Waals surface area contributed by atoms with E-state index in [0.717, 1.165) is 24.9 Å². The zero-order chi connectivity index (χ0) is 15.5. The Morgan fingerprint density at radius 3 is 2.52 bits per heavy atom. The molecule has 1 fully saturated rings. The summed E-state index contributed by atoms with van der Waals surface area (Å²) in [4.78, 5) is 0.407. The number of benzene rings is 1. The van der Waals surface area contributed by atoms with Crippen molar-refractivity contribution in [3.8, 4) is 0 Å². The summed E-state index contributed by atoms with van der Waals surface area (Å²) in [6, 6.07) is 7.67. The lowest BCUT2D eigenvalue weighted by Crippen LogP contribution is -2.39. The number of piperidine rings is 1. The Labute approximate surface area is 128 Å². The van der Waals surface area contributed by atoms with Gasteiger partial charge in [-0.3, -0.25) is 0 Å². The Bertz CT molecular complexity index is 552. The topological polar surface area (TPSA) is 49.4 Å². The fourth-order valence-corrected chi connectivity index (χ4v) is 4.21. The average Bonchev–Trinajstić information content (AvgIpc) is 2.45. The predicted molar refractivity (Wildman–Crippen MR) is 85.6 cm³/mol. The summed E-state index contributed by atoms with van der Waals surface area (Å²) >= 11 is 0. The first-order valence-electron chi connectivity index (χ1n) is 7.72. The number of nitrogens with zero attached hydrogens (tertiary/aromatic N) is 1. The summed E-state index contributed by atoms with van der Waals surface area (Å²) in [5, 5.41) is 3.33. The molecule has 1 atom stereocenters. The lowest BCUT2D eigenvalue weighted by atomic mass is 10.0. The molecular formula is C16H26N2O2S. The van der Waals surface area contributed by atoms with Gasteiger partial charge in [0.25, 0.3) is 0 Å². The van der Waals surface area contributed by atoms with Gasteiger partial charge in [-0.1, -0.05) is 32.9 Å². The van der Waals surface area contributed by atoms with Crippen molar-refractivity contribution in [2.75, 3.05) is 13.1 Å². The van der Waals surface area contributed by atoms with Gasteiger partial charge in [0.1, 0.15) is 0 Å². The molecule has 2 rings (SSSR count). The molecule has 1 heterocycles. The van der Waals surface area contributed by atoms with Crippen LogP contribution < -0.4 is 5.32 Å². The Hall–Kier alpha value is -0.910. The van der Waals surface area contributed by atoms with Crippen LogP contribution in [0, 0.1) is 5.92 Å². The summed E-state index contributed by atoms with van der Waals surface area (Å²) < 4.78 is 26.9. The minimum atomic E-state index is -3.33. The first-order valence-corrected chi connectivity index (χ1v) is 9.16. The maximum Gasteiger partial charge on any atom is 0.243 e. The number of sulfonamides is 1. The maximum atomic E-state index is 12.6. The van der Waals surface area contributed by atoms with Gasteiger partial charge in [0, 0.05) is 25.7 Å². The average molecular weight is 310 g/mol. The van der Waals surface area contributed by atoms with Gasteiger partial charge in [-0.2, -0.15) is 4.31 Å². The van der Waals surface area contributed by atoms with Crippen molar-refractivity contribution in [1.82, 2.24) is 9.62 Å². The van der Waals surface area contributed by atoms with Gasteiger partial charge in [0.15, 0.2) is 0 Å². The summed E-state index contributed by atoms with van der Waals surface area (Å²) in [6.45, 7) is 8.34. The van der Waals surface area contributed by atoms with Crippen LogP contribution in [0.3, 0.4) is 0 Å². The van der Waals surface area contributed by atoms with Crippen LogP contribution in [0.5, 0.6) is 0 Å². The third-order valence-electron chi connectivity index (χ3n) is 3.90. The molecule has 0 saturated carbocycles. The van der Waals surface area contributed by atoms with E-state index in [2.05, 4.69) is 26.1 Å². The van der Waals surface area contributed by atoms with Gasteiger partial charge in [0.05, 0.1) is 4.90 Å². The first kappa shape index (κ1) is 16.5. The quantitative estimate of drug-likeness (QED) is 0.909. The third-order valence-corrected chi connectivity index (χ3v) is 5.77. The van der Waals surface area contributed by atoms with E-state index >= 15 is 0 Å². The minimum absolute atomic E-state index is 0.407. The molecular weight excluding hydrogens is 284 g/mol. The molecule has 1 N–H and O–H groups in total. The summed E-state index contributed by atoms with van der Waals surface area (Å²) in [6.07, 6.45) is 2.07. The Balaban J connectivity index is 2.09. The summed E-state index contributed by atoms with van der Waals surface area (Å²) in [5.74, 6) is 0.447. The molecule has 1 aliphatic rings. The van der Waals surface area contributed by atoms with Crippen molar-refractivity contribution in [2.24, 2.45) is 5.92 Å². The van der Waals surface area contributed by atoms with E-state index in [4.69, 9.17) is 0 Å². The minimum Gasteiger partial charge on any atom is -0.310 e. The number of rotatable bonds is 5. The Morgan fingerprint density at radius 1 is 1.29 bits per heavy atom. The molecule has 1 aromatic rings. The predicted octanol–water partition coefficient (Wildman–Crippen LogP) is 2.61. The van der Waals surface area contributed by atoms with E-state index in [9.17, 15) is 8.42 Å². The molecule has 0 amide bonds. The van der Waals surface area contributed by atoms with E-state index in [1.807, 2.05) is 12.1 Å². The van der Waals surface area contributed by atoms with E-state index in [1.54, 1.807) is 16.4 Å². The molecule has 0 spiro atoms. The van der Waals surface area contributed by atoms with Crippen LogP contribution in [0.2, 0.25) is 0 Å². The zero-order valence-corrected chi connectivity index (χ0v) is 14.0. The van der Waals surface area contributed by atoms with Crippen molar-refractivity contribution in [3.05, 3.63) is 29.8 Å². The van der Waals surface area contributed by atoms with Crippen molar-refractivity contribution < 1.29 is 8.42 Å². The fourth-order valence-electron chi connectivity index (χ4n) is 2.61. The van der Waals surface area contributed by atoms with E-state index in [-0.39, 0.29) is 0 Å². The van der Waals surface area contributed by atoms with Gasteiger partial charge in [-0.05, 0) is 36.5 Å². The van der Waals surface area contributed by atoms with Crippen LogP contribution in [0.4, 0.5) is 0 Å². The highest BCUT2D eigenvalue weighted by Crippen LogP contribution is 2.23. The molecule has 1 unspecified atom stereocenters. The molecule has 0 radical (unpaired) electrons. The van der Waals surface area contributed by atoms with Crippen LogP contribution in [-0.2, 0) is 16.6 Å². The highest BCUT2D eigenvalue weighted by molar-refractivity contribution is 7.89. The van der Waals surface area contributed by atoms with Crippen LogP contribution in [0.15, 0.2) is 29.2 Å². The van der Waals surface area contributed by atoms with Gasteiger partial charge in [-0.25, -0.2) is 8.42 Å². The van der Waals surface area contributed by atoms with Crippen molar-refractivity contribution in [3.63, 3.8) is 0 Å². The monoisotopic (exact) mass is 310 g/mol. The second-order valence-corrected chi connectivity index (χ2v) is 8.23. The second kappa shape index (κ2) is 6.90. The van der Waals surface area contributed by atoms with E-state index in [1.165, 1.54) is 0 Å². The van der Waals surface area contributed by atoms with Crippen LogP contribution in [-0.4, -0.2) is 31.9 Å². The van der Waals surface area contributed by atoms with E-state index in [0.29, 0.717) is 29.9 Å². The number of hydrogen-bond acceptors (Lipinski definition) is 3. The summed E-state index contributed by atoms with van der Waals surface area (Å²) in [5.41, 5.74) is 1.11. The van der Waals surface area contributed by atoms with Gasteiger partial charge < -0.3 is 5.32 Å². The third kappa shape index (κ3) is 4.28. The maximum absolute atomic E-state index is 12.6. The molecule has 4 nitrogen and oxygen atoms in total. The van der Waals surface area contributed by atoms with Crippen LogP contribution >= 0.6 is 0 Å².